The highest BCUT2D eigenvalue weighted by atomic mass is 16.6. The third kappa shape index (κ3) is 5.01. The smallest absolute Gasteiger partial charge is 0.408 e. The van der Waals surface area contributed by atoms with Crippen molar-refractivity contribution in [1.82, 2.24) is 5.32 Å². The summed E-state index contributed by atoms with van der Waals surface area (Å²) >= 11 is 0. The Morgan fingerprint density at radius 3 is 2.35 bits per heavy atom. The number of rotatable bonds is 5. The maximum Gasteiger partial charge on any atom is 0.408 e. The Labute approximate surface area is 118 Å². The number of hydrogen-bond donors (Lipinski definition) is 2. The van der Waals surface area contributed by atoms with Gasteiger partial charge in [-0.2, -0.15) is 0 Å². The summed E-state index contributed by atoms with van der Waals surface area (Å²) in [6.45, 7) is 4.69. The van der Waals surface area contributed by atoms with Crippen molar-refractivity contribution in [1.29, 1.82) is 0 Å². The van der Waals surface area contributed by atoms with Crippen molar-refractivity contribution in [3.63, 3.8) is 0 Å². The molecule has 20 heavy (non-hydrogen) atoms. The molecule has 0 aliphatic rings. The molecule has 1 rings (SSSR count). The van der Waals surface area contributed by atoms with E-state index in [9.17, 15) is 14.7 Å². The average molecular weight is 279 g/mol. The van der Waals surface area contributed by atoms with Crippen molar-refractivity contribution in [2.24, 2.45) is 0 Å². The first-order valence-corrected chi connectivity index (χ1v) is 6.42. The molecule has 0 fully saturated rings. The Morgan fingerprint density at radius 2 is 1.90 bits per heavy atom. The zero-order valence-electron chi connectivity index (χ0n) is 12.1. The molecule has 5 nitrogen and oxygen atoms in total. The third-order valence-corrected chi connectivity index (χ3v) is 2.62. The molecule has 0 radical (unpaired) electrons. The van der Waals surface area contributed by atoms with E-state index in [2.05, 4.69) is 5.32 Å². The van der Waals surface area contributed by atoms with Crippen LogP contribution in [0, 0.1) is 0 Å². The number of amides is 1. The van der Waals surface area contributed by atoms with Gasteiger partial charge in [-0.3, -0.25) is 0 Å². The van der Waals surface area contributed by atoms with Gasteiger partial charge in [0.25, 0.3) is 0 Å². The molecule has 0 heterocycles. The molecule has 0 spiro atoms. The van der Waals surface area contributed by atoms with Crippen molar-refractivity contribution in [3.8, 4) is 0 Å². The van der Waals surface area contributed by atoms with Gasteiger partial charge >= 0.3 is 6.09 Å². The van der Waals surface area contributed by atoms with E-state index in [0.29, 0.717) is 6.29 Å². The minimum atomic E-state index is -1.37. The maximum absolute atomic E-state index is 11.8. The lowest BCUT2D eigenvalue weighted by atomic mass is 9.93. The van der Waals surface area contributed by atoms with E-state index >= 15 is 0 Å². The topological polar surface area (TPSA) is 75.6 Å². The molecule has 110 valence electrons. The number of aldehydes is 1. The molecule has 0 aromatic heterocycles. The van der Waals surface area contributed by atoms with Gasteiger partial charge in [0.1, 0.15) is 17.4 Å². The number of nitrogens with one attached hydrogen (secondary N) is 1. The zero-order valence-corrected chi connectivity index (χ0v) is 12.1. The standard InChI is InChI=1S/C15H21NO4/c1-14(2,3)20-13(19)16-15(10-17,11-18)9-12-7-5-4-6-8-12/h4-8,10,18H,9,11H2,1-3H3,(H,16,19)/t15-/m0/s1. The number of aliphatic hydroxyl groups excluding tert-OH is 1. The predicted octanol–water partition coefficient (Wildman–Crippen LogP) is 1.68. The second kappa shape index (κ2) is 6.52. The van der Waals surface area contributed by atoms with Gasteiger partial charge in [0.05, 0.1) is 6.61 Å². The number of alkyl carbamates (subject to hydrolysis) is 1. The largest absolute Gasteiger partial charge is 0.444 e. The van der Waals surface area contributed by atoms with E-state index in [1.807, 2.05) is 30.3 Å². The van der Waals surface area contributed by atoms with Crippen molar-refractivity contribution in [3.05, 3.63) is 35.9 Å². The van der Waals surface area contributed by atoms with Crippen LogP contribution in [0.1, 0.15) is 26.3 Å². The molecule has 1 aromatic carbocycles. The molecule has 5 heteroatoms. The summed E-state index contributed by atoms with van der Waals surface area (Å²) in [5, 5.41) is 11.9. The first-order valence-electron chi connectivity index (χ1n) is 6.42. The summed E-state index contributed by atoms with van der Waals surface area (Å²) in [5.74, 6) is 0. The first kappa shape index (κ1) is 16.2. The molecular weight excluding hydrogens is 258 g/mol. The second-order valence-electron chi connectivity index (χ2n) is 5.72. The van der Waals surface area contributed by atoms with Crippen molar-refractivity contribution < 1.29 is 19.4 Å². The molecule has 2 N–H and O–H groups in total. The van der Waals surface area contributed by atoms with Crippen molar-refractivity contribution in [2.75, 3.05) is 6.61 Å². The van der Waals surface area contributed by atoms with Gasteiger partial charge in [0.2, 0.25) is 0 Å². The summed E-state index contributed by atoms with van der Waals surface area (Å²) in [6.07, 6.45) is 0.0198. The van der Waals surface area contributed by atoms with Gasteiger partial charge in [-0.1, -0.05) is 30.3 Å². The van der Waals surface area contributed by atoms with Crippen LogP contribution in [0.2, 0.25) is 0 Å². The third-order valence-electron chi connectivity index (χ3n) is 2.62. The van der Waals surface area contributed by atoms with Crippen LogP contribution in [-0.4, -0.2) is 35.2 Å². The molecule has 0 aliphatic heterocycles. The minimum absolute atomic E-state index is 0.201. The fraction of sp³-hybridized carbons (Fsp3) is 0.467. The van der Waals surface area contributed by atoms with Crippen LogP contribution in [-0.2, 0) is 16.0 Å². The van der Waals surface area contributed by atoms with E-state index < -0.39 is 23.8 Å². The summed E-state index contributed by atoms with van der Waals surface area (Å²) in [5.41, 5.74) is -1.20. The van der Waals surface area contributed by atoms with Crippen LogP contribution < -0.4 is 5.32 Å². The fourth-order valence-electron chi connectivity index (χ4n) is 1.72. The van der Waals surface area contributed by atoms with Gasteiger partial charge in [-0.15, -0.1) is 0 Å². The maximum atomic E-state index is 11.8. The van der Waals surface area contributed by atoms with Gasteiger partial charge in [-0.05, 0) is 26.3 Å². The quantitative estimate of drug-likeness (QED) is 0.804. The average Bonchev–Trinajstić information content (AvgIpc) is 2.37. The predicted molar refractivity (Wildman–Crippen MR) is 75.4 cm³/mol. The minimum Gasteiger partial charge on any atom is -0.444 e. The molecule has 0 bridgehead atoms. The molecule has 0 saturated carbocycles. The second-order valence-corrected chi connectivity index (χ2v) is 5.72. The van der Waals surface area contributed by atoms with Crippen LogP contribution in [0.3, 0.4) is 0 Å². The van der Waals surface area contributed by atoms with E-state index in [1.165, 1.54) is 0 Å². The molecular formula is C15H21NO4. The highest BCUT2D eigenvalue weighted by molar-refractivity contribution is 5.77. The Kier molecular flexibility index (Phi) is 5.27. The summed E-state index contributed by atoms with van der Waals surface area (Å²) in [4.78, 5) is 23.1. The Balaban J connectivity index is 2.82. The van der Waals surface area contributed by atoms with Crippen LogP contribution in [0.5, 0.6) is 0 Å². The first-order chi connectivity index (χ1) is 9.30. The summed E-state index contributed by atoms with van der Waals surface area (Å²) in [6, 6.07) is 9.16. The normalized spacial score (nSPS) is 14.2. The van der Waals surface area contributed by atoms with Gasteiger partial charge < -0.3 is 20.0 Å². The molecule has 0 unspecified atom stereocenters. The van der Waals surface area contributed by atoms with Crippen molar-refractivity contribution >= 4 is 12.4 Å². The fourth-order valence-corrected chi connectivity index (χ4v) is 1.72. The van der Waals surface area contributed by atoms with Crippen LogP contribution in [0.15, 0.2) is 30.3 Å². The molecule has 0 saturated heterocycles. The summed E-state index contributed by atoms with van der Waals surface area (Å²) in [7, 11) is 0. The van der Waals surface area contributed by atoms with Gasteiger partial charge in [0.15, 0.2) is 0 Å². The van der Waals surface area contributed by atoms with Crippen LogP contribution >= 0.6 is 0 Å². The Bertz CT molecular complexity index is 453. The van der Waals surface area contributed by atoms with Crippen molar-refractivity contribution in [2.45, 2.75) is 38.3 Å². The van der Waals surface area contributed by atoms with Gasteiger partial charge in [-0.25, -0.2) is 4.79 Å². The zero-order chi connectivity index (χ0) is 15.2. The van der Waals surface area contributed by atoms with Crippen LogP contribution in [0.25, 0.3) is 0 Å². The molecule has 0 aliphatic carbocycles. The monoisotopic (exact) mass is 279 g/mol. The number of aliphatic hydroxyl groups is 1. The number of hydrogen-bond acceptors (Lipinski definition) is 4. The molecule has 1 aromatic rings. The SMILES string of the molecule is CC(C)(C)OC(=O)N[C@@](C=O)(CO)Cc1ccccc1. The number of ether oxygens (including phenoxy) is 1. The van der Waals surface area contributed by atoms with E-state index in [4.69, 9.17) is 4.74 Å². The van der Waals surface area contributed by atoms with E-state index in [1.54, 1.807) is 20.8 Å². The lowest BCUT2D eigenvalue weighted by molar-refractivity contribution is -0.115. The van der Waals surface area contributed by atoms with Crippen LogP contribution in [0.4, 0.5) is 4.79 Å². The Morgan fingerprint density at radius 1 is 1.30 bits per heavy atom. The molecule has 1 atom stereocenters. The summed E-state index contributed by atoms with van der Waals surface area (Å²) < 4.78 is 5.11. The highest BCUT2D eigenvalue weighted by Gasteiger charge is 2.33. The number of carbonyl (C=O) groups is 2. The Hall–Kier alpha value is -1.88. The molecule has 1 amide bonds. The number of benzene rings is 1. The number of carbonyl (C=O) groups excluding carboxylic acids is 2. The van der Waals surface area contributed by atoms with E-state index in [0.717, 1.165) is 5.56 Å². The van der Waals surface area contributed by atoms with E-state index in [-0.39, 0.29) is 6.42 Å². The highest BCUT2D eigenvalue weighted by Crippen LogP contribution is 2.13. The lowest BCUT2D eigenvalue weighted by Gasteiger charge is -2.29. The van der Waals surface area contributed by atoms with Gasteiger partial charge in [0, 0.05) is 6.42 Å². The lowest BCUT2D eigenvalue weighted by Crippen LogP contribution is -2.55.